The molecule has 0 aliphatic carbocycles. The molecular weight excluding hydrogens is 687 g/mol. The summed E-state index contributed by atoms with van der Waals surface area (Å²) in [5.74, 6) is 3.64. The first-order valence-electron chi connectivity index (χ1n) is 19.2. The fourth-order valence-corrected chi connectivity index (χ4v) is 10.3. The molecule has 0 unspecified atom stereocenters. The number of hydrogen-bond donors (Lipinski definition) is 2. The Bertz CT molecular complexity index is 2000. The summed E-state index contributed by atoms with van der Waals surface area (Å²) in [5, 5.41) is 26.9. The standard InChI is InChI=1S/C48H46NO4S/c50-47(35-15-5-1-6-16-35,36-17-7-2-8-18-36)41-23-25-43-45-39(41)33-49(27-31-54-32-28-49)34-40-42(24-26-44(46(40)45)53-30-14-13-29-52-43)48(51,37-19-9-3-10-20-37)38-21-11-4-12-22-38/h1-12,15-26,50-51H,13-14,27-34H2/q+1. The van der Waals surface area contributed by atoms with E-state index in [1.54, 1.807) is 0 Å². The van der Waals surface area contributed by atoms with Crippen LogP contribution >= 0.6 is 11.8 Å². The van der Waals surface area contributed by atoms with Gasteiger partial charge in [-0.05, 0) is 47.2 Å². The first kappa shape index (κ1) is 34.9. The van der Waals surface area contributed by atoms with Crippen LogP contribution in [0.4, 0.5) is 0 Å². The Morgan fingerprint density at radius 2 is 0.815 bits per heavy atom. The quantitative estimate of drug-likeness (QED) is 0.132. The van der Waals surface area contributed by atoms with Crippen LogP contribution in [0.15, 0.2) is 146 Å². The number of hydrogen-bond acceptors (Lipinski definition) is 5. The Kier molecular flexibility index (Phi) is 9.32. The smallest absolute Gasteiger partial charge is 0.141 e. The van der Waals surface area contributed by atoms with Crippen molar-refractivity contribution >= 4 is 11.8 Å². The molecule has 6 aromatic carbocycles. The summed E-state index contributed by atoms with van der Waals surface area (Å²) in [6.45, 7) is 4.46. The second kappa shape index (κ2) is 14.4. The highest BCUT2D eigenvalue weighted by molar-refractivity contribution is 7.99. The van der Waals surface area contributed by atoms with Crippen LogP contribution in [0.25, 0.3) is 11.1 Å². The van der Waals surface area contributed by atoms with E-state index in [1.807, 2.05) is 133 Å². The van der Waals surface area contributed by atoms with Crippen LogP contribution in [0.3, 0.4) is 0 Å². The molecule has 5 nitrogen and oxygen atoms in total. The summed E-state index contributed by atoms with van der Waals surface area (Å²) < 4.78 is 14.4. The Morgan fingerprint density at radius 3 is 1.17 bits per heavy atom. The molecule has 0 atom stereocenters. The maximum Gasteiger partial charge on any atom is 0.141 e. The van der Waals surface area contributed by atoms with E-state index in [2.05, 4.69) is 24.3 Å². The predicted octanol–water partition coefficient (Wildman–Crippen LogP) is 9.05. The number of ether oxygens (including phenoxy) is 2. The molecule has 1 spiro atoms. The largest absolute Gasteiger partial charge is 0.493 e. The minimum Gasteiger partial charge on any atom is -0.493 e. The van der Waals surface area contributed by atoms with Crippen molar-refractivity contribution < 1.29 is 24.2 Å². The average molecular weight is 733 g/mol. The third-order valence-corrected chi connectivity index (χ3v) is 12.7. The second-order valence-electron chi connectivity index (χ2n) is 14.9. The lowest BCUT2D eigenvalue weighted by Gasteiger charge is -2.43. The van der Waals surface area contributed by atoms with E-state index in [0.29, 0.717) is 26.3 Å². The van der Waals surface area contributed by atoms with E-state index < -0.39 is 11.2 Å². The maximum absolute atomic E-state index is 13.5. The monoisotopic (exact) mass is 732 g/mol. The molecule has 54 heavy (non-hydrogen) atoms. The third-order valence-electron chi connectivity index (χ3n) is 11.8. The number of quaternary nitrogens is 1. The van der Waals surface area contributed by atoms with E-state index in [-0.39, 0.29) is 0 Å². The molecule has 0 saturated carbocycles. The Labute approximate surface area is 322 Å². The second-order valence-corrected chi connectivity index (χ2v) is 16.2. The van der Waals surface area contributed by atoms with Crippen LogP contribution < -0.4 is 9.47 Å². The fourth-order valence-electron chi connectivity index (χ4n) is 9.06. The summed E-state index contributed by atoms with van der Waals surface area (Å²) in [4.78, 5) is 0. The molecule has 0 radical (unpaired) electrons. The first-order chi connectivity index (χ1) is 26.5. The van der Waals surface area contributed by atoms with Crippen LogP contribution in [0.5, 0.6) is 11.5 Å². The minimum absolute atomic E-state index is 0.565. The molecule has 6 heteroatoms. The summed E-state index contributed by atoms with van der Waals surface area (Å²) in [5.41, 5.74) is 6.10. The van der Waals surface area contributed by atoms with Gasteiger partial charge in [0.05, 0.1) is 26.3 Å². The first-order valence-corrected chi connectivity index (χ1v) is 20.4. The lowest BCUT2D eigenvalue weighted by molar-refractivity contribution is -0.950. The van der Waals surface area contributed by atoms with Crippen molar-refractivity contribution in [1.82, 2.24) is 0 Å². The van der Waals surface area contributed by atoms with E-state index in [0.717, 1.165) is 109 Å². The molecule has 6 aromatic rings. The van der Waals surface area contributed by atoms with Crippen molar-refractivity contribution in [3.05, 3.63) is 190 Å². The molecule has 3 aliphatic rings. The molecule has 0 bridgehead atoms. The number of rotatable bonds is 6. The number of thioether (sulfide) groups is 1. The predicted molar refractivity (Wildman–Crippen MR) is 217 cm³/mol. The average Bonchev–Trinajstić information content (AvgIpc) is 3.38. The van der Waals surface area contributed by atoms with Gasteiger partial charge in [-0.1, -0.05) is 133 Å². The number of nitrogens with zero attached hydrogens (tertiary/aromatic N) is 1. The summed E-state index contributed by atoms with van der Waals surface area (Å²) in [6, 6.07) is 48.6. The van der Waals surface area contributed by atoms with Crippen LogP contribution in [0.1, 0.15) is 57.3 Å². The van der Waals surface area contributed by atoms with Crippen LogP contribution in [-0.2, 0) is 24.3 Å². The van der Waals surface area contributed by atoms with Crippen molar-refractivity contribution in [2.45, 2.75) is 37.1 Å². The molecular formula is C48H46NO4S+. The van der Waals surface area contributed by atoms with Crippen molar-refractivity contribution in [3.8, 4) is 22.6 Å². The van der Waals surface area contributed by atoms with E-state index >= 15 is 0 Å². The van der Waals surface area contributed by atoms with Gasteiger partial charge in [0.25, 0.3) is 0 Å². The molecule has 1 fully saturated rings. The minimum atomic E-state index is -1.45. The highest BCUT2D eigenvalue weighted by atomic mass is 32.2. The lowest BCUT2D eigenvalue weighted by Crippen LogP contribution is -2.52. The lowest BCUT2D eigenvalue weighted by atomic mass is 9.74. The van der Waals surface area contributed by atoms with E-state index in [9.17, 15) is 10.2 Å². The van der Waals surface area contributed by atoms with Crippen LogP contribution in [-0.4, -0.2) is 52.5 Å². The Balaban J connectivity index is 1.41. The fraction of sp³-hybridized carbons (Fsp3) is 0.250. The molecule has 2 N–H and O–H groups in total. The van der Waals surface area contributed by atoms with Crippen molar-refractivity contribution in [3.63, 3.8) is 0 Å². The van der Waals surface area contributed by atoms with Gasteiger partial charge >= 0.3 is 0 Å². The number of benzene rings is 6. The highest BCUT2D eigenvalue weighted by Crippen LogP contribution is 2.54. The molecule has 9 rings (SSSR count). The Morgan fingerprint density at radius 1 is 0.463 bits per heavy atom. The van der Waals surface area contributed by atoms with Gasteiger partial charge in [0.1, 0.15) is 35.8 Å². The number of aliphatic hydroxyl groups is 2. The topological polar surface area (TPSA) is 58.9 Å². The van der Waals surface area contributed by atoms with Gasteiger partial charge < -0.3 is 24.2 Å². The molecule has 0 aromatic heterocycles. The zero-order chi connectivity index (χ0) is 36.6. The summed E-state index contributed by atoms with van der Waals surface area (Å²) in [6.07, 6.45) is 1.74. The van der Waals surface area contributed by atoms with Gasteiger partial charge in [0.15, 0.2) is 0 Å². The van der Waals surface area contributed by atoms with Gasteiger partial charge in [-0.2, -0.15) is 11.8 Å². The van der Waals surface area contributed by atoms with Gasteiger partial charge in [-0.15, -0.1) is 0 Å². The highest BCUT2D eigenvalue weighted by Gasteiger charge is 2.47. The van der Waals surface area contributed by atoms with Crippen molar-refractivity contribution in [2.75, 3.05) is 37.8 Å². The Hall–Kier alpha value is -4.85. The zero-order valence-electron chi connectivity index (χ0n) is 30.5. The van der Waals surface area contributed by atoms with Gasteiger partial charge in [-0.25, -0.2) is 0 Å². The summed E-state index contributed by atoms with van der Waals surface area (Å²) >= 11 is 2.01. The maximum atomic E-state index is 13.5. The van der Waals surface area contributed by atoms with Gasteiger partial charge in [-0.3, -0.25) is 0 Å². The van der Waals surface area contributed by atoms with Crippen molar-refractivity contribution in [2.24, 2.45) is 0 Å². The molecule has 3 heterocycles. The zero-order valence-corrected chi connectivity index (χ0v) is 31.3. The molecule has 1 saturated heterocycles. The van der Waals surface area contributed by atoms with Gasteiger partial charge in [0, 0.05) is 44.9 Å². The SMILES string of the molecule is OC(c1ccccc1)(c1ccccc1)c1ccc2c3c1C[N+]1(CCSCC1)Cc1c(C(O)(c4ccccc4)c4ccccc4)ccc(c1-3)OCCCCO2. The molecule has 3 aliphatic heterocycles. The summed E-state index contributed by atoms with van der Waals surface area (Å²) in [7, 11) is 0. The van der Waals surface area contributed by atoms with Crippen LogP contribution in [0.2, 0.25) is 0 Å². The third kappa shape index (κ3) is 5.93. The van der Waals surface area contributed by atoms with E-state index in [1.165, 1.54) is 0 Å². The normalized spacial score (nSPS) is 16.7. The van der Waals surface area contributed by atoms with Crippen LogP contribution in [0, 0.1) is 0 Å². The molecule has 272 valence electrons. The van der Waals surface area contributed by atoms with E-state index in [4.69, 9.17) is 9.47 Å². The molecule has 0 amide bonds. The van der Waals surface area contributed by atoms with Gasteiger partial charge in [0.2, 0.25) is 0 Å². The van der Waals surface area contributed by atoms with Crippen molar-refractivity contribution in [1.29, 1.82) is 0 Å².